The average molecular weight is 258 g/mol. The third kappa shape index (κ3) is 2.74. The van der Waals surface area contributed by atoms with Crippen molar-refractivity contribution in [2.24, 2.45) is 0 Å². The minimum absolute atomic E-state index is 0.00556. The molecule has 5 heteroatoms. The van der Waals surface area contributed by atoms with E-state index in [2.05, 4.69) is 10.4 Å². The Morgan fingerprint density at radius 1 is 1.37 bits per heavy atom. The van der Waals surface area contributed by atoms with Gasteiger partial charge in [-0.25, -0.2) is 4.39 Å². The third-order valence-corrected chi connectivity index (χ3v) is 2.67. The monoisotopic (exact) mass is 258 g/mol. The van der Waals surface area contributed by atoms with Crippen molar-refractivity contribution in [2.75, 3.05) is 5.32 Å². The Labute approximate surface area is 111 Å². The number of rotatable bonds is 2. The quantitative estimate of drug-likeness (QED) is 0.898. The summed E-state index contributed by atoms with van der Waals surface area (Å²) in [6.07, 6.45) is 3.48. The molecule has 1 aromatic heterocycles. The van der Waals surface area contributed by atoms with Crippen molar-refractivity contribution in [3.8, 4) is 6.07 Å². The van der Waals surface area contributed by atoms with E-state index in [9.17, 15) is 4.39 Å². The topological polar surface area (TPSA) is 53.6 Å². The van der Waals surface area contributed by atoms with E-state index < -0.39 is 5.82 Å². The maximum Gasteiger partial charge on any atom is 0.143 e. The second-order valence-corrected chi connectivity index (χ2v) is 5.24. The number of benzene rings is 1. The molecule has 0 aliphatic carbocycles. The lowest BCUT2D eigenvalue weighted by Gasteiger charge is -2.18. The highest BCUT2D eigenvalue weighted by Gasteiger charge is 2.15. The van der Waals surface area contributed by atoms with Gasteiger partial charge in [0.15, 0.2) is 0 Å². The standard InChI is InChI=1S/C14H15FN4/c1-14(2,3)19-9-10(8-17-19)18-13-6-4-5-12(15)11(13)7-16/h4-6,8-9,18H,1-3H3. The fraction of sp³-hybridized carbons (Fsp3) is 0.286. The molecule has 0 aliphatic rings. The van der Waals surface area contributed by atoms with Gasteiger partial charge in [0.05, 0.1) is 23.1 Å². The Balaban J connectivity index is 2.30. The van der Waals surface area contributed by atoms with Gasteiger partial charge in [-0.1, -0.05) is 6.07 Å². The Kier molecular flexibility index (Phi) is 3.26. The highest BCUT2D eigenvalue weighted by molar-refractivity contribution is 5.65. The van der Waals surface area contributed by atoms with E-state index >= 15 is 0 Å². The minimum atomic E-state index is -0.532. The first kappa shape index (κ1) is 13.1. The Bertz CT molecular complexity index is 632. The number of aromatic nitrogens is 2. The van der Waals surface area contributed by atoms with Crippen LogP contribution in [0.1, 0.15) is 26.3 Å². The maximum absolute atomic E-state index is 13.5. The van der Waals surface area contributed by atoms with E-state index in [4.69, 9.17) is 5.26 Å². The van der Waals surface area contributed by atoms with E-state index in [0.29, 0.717) is 5.69 Å². The van der Waals surface area contributed by atoms with E-state index in [1.165, 1.54) is 6.07 Å². The van der Waals surface area contributed by atoms with Gasteiger partial charge in [-0.15, -0.1) is 0 Å². The zero-order valence-corrected chi connectivity index (χ0v) is 11.1. The van der Waals surface area contributed by atoms with Gasteiger partial charge >= 0.3 is 0 Å². The van der Waals surface area contributed by atoms with Gasteiger partial charge in [-0.3, -0.25) is 4.68 Å². The van der Waals surface area contributed by atoms with Crippen LogP contribution >= 0.6 is 0 Å². The van der Waals surface area contributed by atoms with E-state index in [1.54, 1.807) is 23.0 Å². The SMILES string of the molecule is CC(C)(C)n1cc(Nc2cccc(F)c2C#N)cn1. The van der Waals surface area contributed by atoms with Crippen molar-refractivity contribution in [3.05, 3.63) is 42.0 Å². The molecule has 19 heavy (non-hydrogen) atoms. The van der Waals surface area contributed by atoms with E-state index in [0.717, 1.165) is 5.69 Å². The number of hydrogen-bond acceptors (Lipinski definition) is 3. The molecule has 1 aromatic carbocycles. The minimum Gasteiger partial charge on any atom is -0.352 e. The van der Waals surface area contributed by atoms with Crippen molar-refractivity contribution < 1.29 is 4.39 Å². The molecular formula is C14H15FN4. The number of hydrogen-bond donors (Lipinski definition) is 1. The second-order valence-electron chi connectivity index (χ2n) is 5.24. The third-order valence-electron chi connectivity index (χ3n) is 2.67. The summed E-state index contributed by atoms with van der Waals surface area (Å²) in [5.41, 5.74) is 1.04. The summed E-state index contributed by atoms with van der Waals surface area (Å²) in [5, 5.41) is 16.2. The van der Waals surface area contributed by atoms with Crippen LogP contribution in [-0.4, -0.2) is 9.78 Å². The van der Waals surface area contributed by atoms with Gasteiger partial charge in [0, 0.05) is 6.20 Å². The summed E-state index contributed by atoms with van der Waals surface area (Å²) in [6, 6.07) is 6.35. The second kappa shape index (κ2) is 4.73. The number of anilines is 2. The number of nitrogens with zero attached hydrogens (tertiary/aromatic N) is 3. The molecule has 0 fully saturated rings. The van der Waals surface area contributed by atoms with Crippen LogP contribution in [0.2, 0.25) is 0 Å². The van der Waals surface area contributed by atoms with Gasteiger partial charge in [-0.2, -0.15) is 10.4 Å². The molecule has 0 aliphatic heterocycles. The average Bonchev–Trinajstić information content (AvgIpc) is 2.77. The molecule has 1 N–H and O–H groups in total. The van der Waals surface area contributed by atoms with E-state index in [1.807, 2.05) is 33.0 Å². The molecule has 0 spiro atoms. The molecule has 4 nitrogen and oxygen atoms in total. The normalized spacial score (nSPS) is 11.1. The summed E-state index contributed by atoms with van der Waals surface area (Å²) < 4.78 is 15.3. The Hall–Kier alpha value is -2.35. The molecule has 0 radical (unpaired) electrons. The molecule has 0 amide bonds. The summed E-state index contributed by atoms with van der Waals surface area (Å²) in [7, 11) is 0. The van der Waals surface area contributed by atoms with Crippen molar-refractivity contribution in [3.63, 3.8) is 0 Å². The zero-order valence-electron chi connectivity index (χ0n) is 11.1. The molecule has 0 unspecified atom stereocenters. The summed E-state index contributed by atoms with van der Waals surface area (Å²) in [6.45, 7) is 6.10. The largest absolute Gasteiger partial charge is 0.352 e. The van der Waals surface area contributed by atoms with E-state index in [-0.39, 0.29) is 11.1 Å². The number of nitriles is 1. The number of halogens is 1. The molecule has 0 saturated heterocycles. The molecule has 0 bridgehead atoms. The highest BCUT2D eigenvalue weighted by atomic mass is 19.1. The van der Waals surface area contributed by atoms with Crippen LogP contribution in [0, 0.1) is 17.1 Å². The van der Waals surface area contributed by atoms with Gasteiger partial charge < -0.3 is 5.32 Å². The molecule has 0 saturated carbocycles. The first-order valence-corrected chi connectivity index (χ1v) is 5.92. The van der Waals surface area contributed by atoms with Gasteiger partial charge in [-0.05, 0) is 32.9 Å². The molecule has 2 aromatic rings. The predicted octanol–water partition coefficient (Wildman–Crippen LogP) is 3.39. The molecular weight excluding hydrogens is 243 g/mol. The Morgan fingerprint density at radius 2 is 2.11 bits per heavy atom. The zero-order chi connectivity index (χ0) is 14.0. The van der Waals surface area contributed by atoms with Crippen LogP contribution in [0.25, 0.3) is 0 Å². The van der Waals surface area contributed by atoms with Crippen molar-refractivity contribution in [2.45, 2.75) is 26.3 Å². The van der Waals surface area contributed by atoms with Gasteiger partial charge in [0.2, 0.25) is 0 Å². The van der Waals surface area contributed by atoms with Crippen LogP contribution in [0.15, 0.2) is 30.6 Å². The van der Waals surface area contributed by atoms with Crippen molar-refractivity contribution in [1.82, 2.24) is 9.78 Å². The maximum atomic E-state index is 13.5. The lowest BCUT2D eigenvalue weighted by Crippen LogP contribution is -2.21. The molecule has 2 rings (SSSR count). The highest BCUT2D eigenvalue weighted by Crippen LogP contribution is 2.23. The van der Waals surface area contributed by atoms with Crippen molar-refractivity contribution in [1.29, 1.82) is 5.26 Å². The van der Waals surface area contributed by atoms with Gasteiger partial charge in [0.1, 0.15) is 17.4 Å². The first-order chi connectivity index (χ1) is 8.91. The summed E-state index contributed by atoms with van der Waals surface area (Å²) in [4.78, 5) is 0. The lowest BCUT2D eigenvalue weighted by molar-refractivity contribution is 0.355. The molecule has 98 valence electrons. The molecule has 0 atom stereocenters. The Morgan fingerprint density at radius 3 is 2.68 bits per heavy atom. The summed E-state index contributed by atoms with van der Waals surface area (Å²) >= 11 is 0. The predicted molar refractivity (Wildman–Crippen MR) is 71.6 cm³/mol. The van der Waals surface area contributed by atoms with Crippen LogP contribution in [0.5, 0.6) is 0 Å². The lowest BCUT2D eigenvalue weighted by atomic mass is 10.1. The number of nitrogens with one attached hydrogen (secondary N) is 1. The first-order valence-electron chi connectivity index (χ1n) is 5.92. The van der Waals surface area contributed by atoms with Crippen molar-refractivity contribution >= 4 is 11.4 Å². The molecule has 1 heterocycles. The van der Waals surface area contributed by atoms with Gasteiger partial charge in [0.25, 0.3) is 0 Å². The van der Waals surface area contributed by atoms with Crippen LogP contribution in [-0.2, 0) is 5.54 Å². The fourth-order valence-corrected chi connectivity index (χ4v) is 1.65. The van der Waals surface area contributed by atoms with Crippen LogP contribution < -0.4 is 5.32 Å². The smallest absolute Gasteiger partial charge is 0.143 e. The van der Waals surface area contributed by atoms with Crippen LogP contribution in [0.3, 0.4) is 0 Å². The summed E-state index contributed by atoms with van der Waals surface area (Å²) in [5.74, 6) is -0.532. The fourth-order valence-electron chi connectivity index (χ4n) is 1.65. The van der Waals surface area contributed by atoms with Crippen LogP contribution in [0.4, 0.5) is 15.8 Å².